The number of nitrogens with two attached hydrogens (primary N) is 1. The van der Waals surface area contributed by atoms with Crippen molar-refractivity contribution in [1.29, 1.82) is 0 Å². The monoisotopic (exact) mass is 530 g/mol. The molecule has 0 aromatic heterocycles. The SMILES string of the molecule is CC(C)c1ccccc1C1CN(C2CCOCC2)CCN1C1CC2(CCN(c3ccc(C(N)=O)cc3)CC2)C1. The van der Waals surface area contributed by atoms with Gasteiger partial charge >= 0.3 is 0 Å². The van der Waals surface area contributed by atoms with Gasteiger partial charge in [-0.15, -0.1) is 0 Å². The molecule has 6 heteroatoms. The molecule has 1 saturated carbocycles. The molecular weight excluding hydrogens is 484 g/mol. The van der Waals surface area contributed by atoms with Crippen LogP contribution in [0.3, 0.4) is 0 Å². The Hall–Kier alpha value is -2.41. The second-order valence-electron chi connectivity index (χ2n) is 12.8. The highest BCUT2D eigenvalue weighted by Crippen LogP contribution is 2.53. The molecule has 39 heavy (non-hydrogen) atoms. The average molecular weight is 531 g/mol. The number of primary amides is 1. The number of rotatable bonds is 6. The lowest BCUT2D eigenvalue weighted by Gasteiger charge is -2.59. The molecule has 4 fully saturated rings. The van der Waals surface area contributed by atoms with Crippen LogP contribution in [-0.4, -0.2) is 73.7 Å². The zero-order chi connectivity index (χ0) is 27.0. The van der Waals surface area contributed by atoms with Crippen LogP contribution in [0.2, 0.25) is 0 Å². The van der Waals surface area contributed by atoms with Crippen molar-refractivity contribution < 1.29 is 9.53 Å². The largest absolute Gasteiger partial charge is 0.381 e. The van der Waals surface area contributed by atoms with Crippen LogP contribution in [0.5, 0.6) is 0 Å². The van der Waals surface area contributed by atoms with E-state index in [0.29, 0.717) is 35.0 Å². The Labute approximate surface area is 234 Å². The van der Waals surface area contributed by atoms with E-state index >= 15 is 0 Å². The maximum absolute atomic E-state index is 11.4. The van der Waals surface area contributed by atoms with Crippen molar-refractivity contribution in [2.24, 2.45) is 11.1 Å². The lowest BCUT2D eigenvalue weighted by molar-refractivity contribution is -0.0751. The minimum Gasteiger partial charge on any atom is -0.381 e. The molecular formula is C33H46N4O2. The Morgan fingerprint density at radius 3 is 2.28 bits per heavy atom. The van der Waals surface area contributed by atoms with Crippen molar-refractivity contribution in [3.63, 3.8) is 0 Å². The molecule has 0 radical (unpaired) electrons. The summed E-state index contributed by atoms with van der Waals surface area (Å²) in [5.74, 6) is 0.179. The lowest BCUT2D eigenvalue weighted by Crippen LogP contribution is -2.61. The molecule has 4 aliphatic rings. The van der Waals surface area contributed by atoms with Crippen LogP contribution < -0.4 is 10.6 Å². The van der Waals surface area contributed by atoms with E-state index in [-0.39, 0.29) is 5.91 Å². The van der Waals surface area contributed by atoms with Crippen molar-refractivity contribution >= 4 is 11.6 Å². The van der Waals surface area contributed by atoms with Crippen LogP contribution in [0.1, 0.15) is 85.8 Å². The van der Waals surface area contributed by atoms with Crippen molar-refractivity contribution in [1.82, 2.24) is 9.80 Å². The Balaban J connectivity index is 1.13. The van der Waals surface area contributed by atoms with Gasteiger partial charge in [0.25, 0.3) is 0 Å². The smallest absolute Gasteiger partial charge is 0.248 e. The molecule has 1 amide bonds. The van der Waals surface area contributed by atoms with E-state index in [1.165, 1.54) is 62.9 Å². The van der Waals surface area contributed by atoms with Crippen LogP contribution in [0, 0.1) is 5.41 Å². The minimum absolute atomic E-state index is 0.359. The van der Waals surface area contributed by atoms with Gasteiger partial charge in [0.15, 0.2) is 0 Å². The van der Waals surface area contributed by atoms with Crippen molar-refractivity contribution in [2.45, 2.75) is 76.4 Å². The number of benzene rings is 2. The number of amides is 1. The van der Waals surface area contributed by atoms with E-state index in [4.69, 9.17) is 10.5 Å². The second-order valence-corrected chi connectivity index (χ2v) is 12.8. The molecule has 0 bridgehead atoms. The first-order chi connectivity index (χ1) is 18.9. The highest BCUT2D eigenvalue weighted by atomic mass is 16.5. The standard InChI is InChI=1S/C33H46N4O2/c1-24(2)29-5-3-4-6-30(29)31-23-36(27-11-19-39-20-12-27)17-18-37(31)28-21-33(22-28)13-15-35(16-14-33)26-9-7-25(8-10-26)32(34)38/h3-10,24,27-28,31H,11-23H2,1-2H3,(H2,34,38). The molecule has 6 nitrogen and oxygen atoms in total. The van der Waals surface area contributed by atoms with Gasteiger partial charge < -0.3 is 15.4 Å². The maximum atomic E-state index is 11.4. The van der Waals surface area contributed by atoms with Gasteiger partial charge in [0.1, 0.15) is 0 Å². The summed E-state index contributed by atoms with van der Waals surface area (Å²) >= 11 is 0. The van der Waals surface area contributed by atoms with Gasteiger partial charge in [-0.2, -0.15) is 0 Å². The summed E-state index contributed by atoms with van der Waals surface area (Å²) in [7, 11) is 0. The van der Waals surface area contributed by atoms with Gasteiger partial charge in [-0.05, 0) is 85.3 Å². The molecule has 3 heterocycles. The minimum atomic E-state index is -0.359. The van der Waals surface area contributed by atoms with Gasteiger partial charge in [0.05, 0.1) is 0 Å². The summed E-state index contributed by atoms with van der Waals surface area (Å²) in [6, 6.07) is 18.9. The van der Waals surface area contributed by atoms with Gasteiger partial charge in [-0.25, -0.2) is 0 Å². The predicted octanol–water partition coefficient (Wildman–Crippen LogP) is 5.20. The highest BCUT2D eigenvalue weighted by Gasteiger charge is 2.50. The van der Waals surface area contributed by atoms with E-state index in [0.717, 1.165) is 32.8 Å². The fourth-order valence-electron chi connectivity index (χ4n) is 7.91. The molecule has 1 spiro atoms. The number of piperidine rings is 1. The van der Waals surface area contributed by atoms with E-state index in [1.54, 1.807) is 5.56 Å². The molecule has 2 aromatic rings. The summed E-state index contributed by atoms with van der Waals surface area (Å²) in [5, 5.41) is 0. The van der Waals surface area contributed by atoms with Crippen molar-refractivity contribution in [3.8, 4) is 0 Å². The number of hydrogen-bond acceptors (Lipinski definition) is 5. The molecule has 1 atom stereocenters. The van der Waals surface area contributed by atoms with Crippen LogP contribution in [0.4, 0.5) is 5.69 Å². The molecule has 210 valence electrons. The molecule has 1 unspecified atom stereocenters. The normalized spacial score (nSPS) is 25.2. The van der Waals surface area contributed by atoms with Crippen LogP contribution >= 0.6 is 0 Å². The number of ether oxygens (including phenoxy) is 1. The Bertz CT molecular complexity index is 1130. The topological polar surface area (TPSA) is 62.0 Å². The Morgan fingerprint density at radius 1 is 0.923 bits per heavy atom. The fraction of sp³-hybridized carbons (Fsp3) is 0.606. The van der Waals surface area contributed by atoms with Crippen LogP contribution in [0.25, 0.3) is 0 Å². The van der Waals surface area contributed by atoms with E-state index in [1.807, 2.05) is 12.1 Å². The number of nitrogens with zero attached hydrogens (tertiary/aromatic N) is 3. The third-order valence-corrected chi connectivity index (χ3v) is 10.3. The Morgan fingerprint density at radius 2 is 1.62 bits per heavy atom. The van der Waals surface area contributed by atoms with E-state index < -0.39 is 0 Å². The quantitative estimate of drug-likeness (QED) is 0.557. The van der Waals surface area contributed by atoms with Gasteiger partial charge in [-0.3, -0.25) is 14.6 Å². The maximum Gasteiger partial charge on any atom is 0.248 e. The third kappa shape index (κ3) is 5.48. The van der Waals surface area contributed by atoms with Crippen LogP contribution in [0.15, 0.2) is 48.5 Å². The summed E-state index contributed by atoms with van der Waals surface area (Å²) < 4.78 is 5.69. The summed E-state index contributed by atoms with van der Waals surface area (Å²) in [6.45, 7) is 12.2. The molecule has 6 rings (SSSR count). The van der Waals surface area contributed by atoms with Crippen molar-refractivity contribution in [3.05, 3.63) is 65.2 Å². The number of carbonyl (C=O) groups excluding carboxylic acids is 1. The summed E-state index contributed by atoms with van der Waals surface area (Å²) in [4.78, 5) is 19.6. The molecule has 1 aliphatic carbocycles. The number of anilines is 1. The first-order valence-corrected chi connectivity index (χ1v) is 15.2. The molecule has 3 saturated heterocycles. The lowest BCUT2D eigenvalue weighted by atomic mass is 9.59. The number of piperazine rings is 1. The average Bonchev–Trinajstić information content (AvgIpc) is 2.96. The van der Waals surface area contributed by atoms with Crippen LogP contribution in [-0.2, 0) is 4.74 Å². The second kappa shape index (κ2) is 11.2. The fourth-order valence-corrected chi connectivity index (χ4v) is 7.91. The molecule has 2 aromatic carbocycles. The molecule has 3 aliphatic heterocycles. The highest BCUT2D eigenvalue weighted by molar-refractivity contribution is 5.93. The number of carbonyl (C=O) groups is 1. The van der Waals surface area contributed by atoms with Gasteiger partial charge in [-0.1, -0.05) is 38.1 Å². The van der Waals surface area contributed by atoms with Gasteiger partial charge in [0, 0.05) is 75.3 Å². The summed E-state index contributed by atoms with van der Waals surface area (Å²) in [6.07, 6.45) is 7.53. The van der Waals surface area contributed by atoms with E-state index in [9.17, 15) is 4.79 Å². The zero-order valence-electron chi connectivity index (χ0n) is 23.9. The van der Waals surface area contributed by atoms with Crippen molar-refractivity contribution in [2.75, 3.05) is 50.8 Å². The first kappa shape index (κ1) is 26.8. The van der Waals surface area contributed by atoms with E-state index in [2.05, 4.69) is 64.9 Å². The number of hydrogen-bond donors (Lipinski definition) is 1. The molecule has 2 N–H and O–H groups in total. The third-order valence-electron chi connectivity index (χ3n) is 10.3. The Kier molecular flexibility index (Phi) is 7.71. The predicted molar refractivity (Wildman–Crippen MR) is 157 cm³/mol. The van der Waals surface area contributed by atoms with Gasteiger partial charge in [0.2, 0.25) is 5.91 Å². The zero-order valence-corrected chi connectivity index (χ0v) is 23.9. The summed E-state index contributed by atoms with van der Waals surface area (Å²) in [5.41, 5.74) is 10.8. The first-order valence-electron chi connectivity index (χ1n) is 15.2.